The van der Waals surface area contributed by atoms with Crippen molar-refractivity contribution in [1.82, 2.24) is 5.06 Å². The first-order chi connectivity index (χ1) is 10.7. The van der Waals surface area contributed by atoms with Crippen LogP contribution in [0.1, 0.15) is 23.5 Å². The van der Waals surface area contributed by atoms with E-state index in [9.17, 15) is 10.0 Å². The Hall–Kier alpha value is -2.39. The molecule has 0 unspecified atom stereocenters. The van der Waals surface area contributed by atoms with Crippen LogP contribution >= 0.6 is 0 Å². The van der Waals surface area contributed by atoms with E-state index in [1.54, 1.807) is 0 Å². The molecule has 0 heterocycles. The number of hydrogen-bond acceptors (Lipinski definition) is 2. The van der Waals surface area contributed by atoms with Crippen LogP contribution in [-0.4, -0.2) is 22.2 Å². The van der Waals surface area contributed by atoms with Gasteiger partial charge in [-0.1, -0.05) is 72.8 Å². The van der Waals surface area contributed by atoms with Crippen LogP contribution in [0.3, 0.4) is 0 Å². The second kappa shape index (κ2) is 6.58. The van der Waals surface area contributed by atoms with E-state index >= 15 is 0 Å². The molecule has 0 aliphatic heterocycles. The van der Waals surface area contributed by atoms with Gasteiger partial charge in [-0.2, -0.15) is 0 Å². The van der Waals surface area contributed by atoms with Gasteiger partial charge in [0.25, 0.3) is 5.91 Å². The molecule has 1 aliphatic carbocycles. The number of rotatable bonds is 4. The molecular formula is C19H19NO2. The zero-order chi connectivity index (χ0) is 15.4. The zero-order valence-electron chi connectivity index (χ0n) is 12.3. The van der Waals surface area contributed by atoms with Gasteiger partial charge in [-0.05, 0) is 17.5 Å². The maximum absolute atomic E-state index is 12.2. The summed E-state index contributed by atoms with van der Waals surface area (Å²) in [6.07, 6.45) is 4.93. The molecule has 3 nitrogen and oxygen atoms in total. The van der Waals surface area contributed by atoms with E-state index in [1.165, 1.54) is 5.56 Å². The Morgan fingerprint density at radius 3 is 2.32 bits per heavy atom. The summed E-state index contributed by atoms with van der Waals surface area (Å²) in [5.41, 5.74) is 2.12. The fraction of sp³-hybridized carbons (Fsp3) is 0.211. The molecule has 2 atom stereocenters. The molecule has 1 amide bonds. The van der Waals surface area contributed by atoms with Crippen LogP contribution in [0.2, 0.25) is 0 Å². The van der Waals surface area contributed by atoms with Crippen LogP contribution in [0.25, 0.3) is 0 Å². The minimum absolute atomic E-state index is 0.220. The van der Waals surface area contributed by atoms with Crippen molar-refractivity contribution in [3.8, 4) is 0 Å². The van der Waals surface area contributed by atoms with Crippen molar-refractivity contribution in [3.63, 3.8) is 0 Å². The minimum Gasteiger partial charge on any atom is -0.285 e. The number of amides is 1. The lowest BCUT2D eigenvalue weighted by molar-refractivity contribution is -0.171. The molecule has 0 saturated carbocycles. The van der Waals surface area contributed by atoms with Gasteiger partial charge in [-0.3, -0.25) is 10.0 Å². The molecule has 0 fully saturated rings. The van der Waals surface area contributed by atoms with Gasteiger partial charge in [0.05, 0.1) is 12.5 Å². The van der Waals surface area contributed by atoms with Crippen LogP contribution < -0.4 is 0 Å². The zero-order valence-corrected chi connectivity index (χ0v) is 12.3. The molecule has 0 radical (unpaired) electrons. The third-order valence-corrected chi connectivity index (χ3v) is 4.06. The number of nitrogens with zero attached hydrogens (tertiary/aromatic N) is 1. The van der Waals surface area contributed by atoms with Crippen LogP contribution in [0.4, 0.5) is 0 Å². The summed E-state index contributed by atoms with van der Waals surface area (Å²) in [4.78, 5) is 12.2. The molecule has 112 valence electrons. The molecule has 0 spiro atoms. The monoisotopic (exact) mass is 293 g/mol. The van der Waals surface area contributed by atoms with Crippen LogP contribution in [0.5, 0.6) is 0 Å². The Bertz CT molecular complexity index is 652. The lowest BCUT2D eigenvalue weighted by Crippen LogP contribution is -2.36. The molecule has 0 bridgehead atoms. The summed E-state index contributed by atoms with van der Waals surface area (Å²) in [5.74, 6) is -0.0139. The third-order valence-electron chi connectivity index (χ3n) is 4.06. The highest BCUT2D eigenvalue weighted by Crippen LogP contribution is 2.30. The van der Waals surface area contributed by atoms with Crippen molar-refractivity contribution in [2.45, 2.75) is 24.8 Å². The predicted octanol–water partition coefficient (Wildman–Crippen LogP) is 3.56. The summed E-state index contributed by atoms with van der Waals surface area (Å²) in [5, 5.41) is 11.1. The van der Waals surface area contributed by atoms with E-state index in [1.807, 2.05) is 54.6 Å². The summed E-state index contributed by atoms with van der Waals surface area (Å²) in [6.45, 7) is 0. The quantitative estimate of drug-likeness (QED) is 0.532. The molecule has 0 aromatic heterocycles. The molecule has 1 N–H and O–H groups in total. The highest BCUT2D eigenvalue weighted by atomic mass is 16.5. The Kier molecular flexibility index (Phi) is 4.35. The first-order valence-corrected chi connectivity index (χ1v) is 7.52. The molecule has 3 rings (SSSR count). The average molecular weight is 293 g/mol. The van der Waals surface area contributed by atoms with Gasteiger partial charge in [-0.15, -0.1) is 0 Å². The van der Waals surface area contributed by atoms with Gasteiger partial charge in [0.1, 0.15) is 0 Å². The SMILES string of the molecule is O=C(Cc1ccccc1)N(O)[C@H]1C=C[C@@H](c2ccccc2)C1. The molecular weight excluding hydrogens is 274 g/mol. The van der Waals surface area contributed by atoms with Gasteiger partial charge in [-0.25, -0.2) is 5.06 Å². The van der Waals surface area contributed by atoms with Crippen LogP contribution in [0, 0.1) is 0 Å². The van der Waals surface area contributed by atoms with Gasteiger partial charge in [0.15, 0.2) is 0 Å². The standard InChI is InChI=1S/C19H19NO2/c21-19(13-15-7-3-1-4-8-15)20(22)18-12-11-17(14-18)16-9-5-2-6-10-16/h1-12,17-18,22H,13-14H2/t17-,18+/m1/s1. The van der Waals surface area contributed by atoms with Gasteiger partial charge >= 0.3 is 0 Å². The highest BCUT2D eigenvalue weighted by molar-refractivity contribution is 5.78. The van der Waals surface area contributed by atoms with E-state index in [0.717, 1.165) is 17.0 Å². The normalized spacial score (nSPS) is 20.0. The Morgan fingerprint density at radius 1 is 1.00 bits per heavy atom. The fourth-order valence-electron chi connectivity index (χ4n) is 2.84. The van der Waals surface area contributed by atoms with Gasteiger partial charge < -0.3 is 0 Å². The molecule has 0 saturated heterocycles. The number of hydrogen-bond donors (Lipinski definition) is 1. The molecule has 1 aliphatic rings. The highest BCUT2D eigenvalue weighted by Gasteiger charge is 2.27. The molecule has 2 aromatic carbocycles. The van der Waals surface area contributed by atoms with Crippen molar-refractivity contribution >= 4 is 5.91 Å². The lowest BCUT2D eigenvalue weighted by Gasteiger charge is -2.22. The van der Waals surface area contributed by atoms with Crippen molar-refractivity contribution < 1.29 is 10.0 Å². The number of hydroxylamine groups is 2. The second-order valence-electron chi connectivity index (χ2n) is 5.61. The molecule has 3 heteroatoms. The smallest absolute Gasteiger partial charge is 0.250 e. The summed E-state index contributed by atoms with van der Waals surface area (Å²) >= 11 is 0. The van der Waals surface area contributed by atoms with E-state index in [4.69, 9.17) is 0 Å². The Balaban J connectivity index is 1.61. The van der Waals surface area contributed by atoms with E-state index < -0.39 is 0 Å². The van der Waals surface area contributed by atoms with Crippen molar-refractivity contribution in [3.05, 3.63) is 83.9 Å². The van der Waals surface area contributed by atoms with Gasteiger partial charge in [0, 0.05) is 5.92 Å². The van der Waals surface area contributed by atoms with Crippen molar-refractivity contribution in [1.29, 1.82) is 0 Å². The topological polar surface area (TPSA) is 40.5 Å². The van der Waals surface area contributed by atoms with Crippen molar-refractivity contribution in [2.24, 2.45) is 0 Å². The van der Waals surface area contributed by atoms with E-state index in [-0.39, 0.29) is 24.3 Å². The predicted molar refractivity (Wildman–Crippen MR) is 85.5 cm³/mol. The number of benzene rings is 2. The maximum atomic E-state index is 12.2. The first kappa shape index (κ1) is 14.5. The Morgan fingerprint density at radius 2 is 1.64 bits per heavy atom. The van der Waals surface area contributed by atoms with E-state index in [0.29, 0.717) is 0 Å². The second-order valence-corrected chi connectivity index (χ2v) is 5.61. The minimum atomic E-state index is -0.269. The summed E-state index contributed by atoms with van der Waals surface area (Å²) in [6, 6.07) is 19.4. The molecule has 2 aromatic rings. The van der Waals surface area contributed by atoms with E-state index in [2.05, 4.69) is 18.2 Å². The van der Waals surface area contributed by atoms with Crippen LogP contribution in [-0.2, 0) is 11.2 Å². The van der Waals surface area contributed by atoms with Gasteiger partial charge in [0.2, 0.25) is 0 Å². The van der Waals surface area contributed by atoms with Crippen molar-refractivity contribution in [2.75, 3.05) is 0 Å². The maximum Gasteiger partial charge on any atom is 0.250 e. The average Bonchev–Trinajstić information content (AvgIpc) is 3.06. The summed E-state index contributed by atoms with van der Waals surface area (Å²) < 4.78 is 0. The largest absolute Gasteiger partial charge is 0.285 e. The first-order valence-electron chi connectivity index (χ1n) is 7.52. The van der Waals surface area contributed by atoms with Crippen LogP contribution in [0.15, 0.2) is 72.8 Å². The molecule has 22 heavy (non-hydrogen) atoms. The number of carbonyl (C=O) groups is 1. The number of carbonyl (C=O) groups excluding carboxylic acids is 1. The lowest BCUT2D eigenvalue weighted by atomic mass is 9.98. The summed E-state index contributed by atoms with van der Waals surface area (Å²) in [7, 11) is 0. The Labute approximate surface area is 130 Å². The fourth-order valence-corrected chi connectivity index (χ4v) is 2.84. The third kappa shape index (κ3) is 3.26. The number of allylic oxidation sites excluding steroid dienone is 1.